The van der Waals surface area contributed by atoms with Crippen molar-refractivity contribution in [2.45, 2.75) is 44.5 Å². The molecule has 0 radical (unpaired) electrons. The second-order valence-corrected chi connectivity index (χ2v) is 10.3. The fourth-order valence-electron chi connectivity index (χ4n) is 6.82. The van der Waals surface area contributed by atoms with Gasteiger partial charge in [-0.15, -0.1) is 5.01 Å². The van der Waals surface area contributed by atoms with Crippen molar-refractivity contribution in [2.24, 2.45) is 17.8 Å². The smallest absolute Gasteiger partial charge is 0.311 e. The van der Waals surface area contributed by atoms with Crippen molar-refractivity contribution < 1.29 is 19.4 Å². The van der Waals surface area contributed by atoms with Crippen LogP contribution in [0.2, 0.25) is 0 Å². The largest absolute Gasteiger partial charge is 0.469 e. The molecule has 2 aliphatic heterocycles. The van der Waals surface area contributed by atoms with Crippen LogP contribution in [0.15, 0.2) is 48.5 Å². The van der Waals surface area contributed by atoms with Crippen molar-refractivity contribution in [3.8, 4) is 5.69 Å². The summed E-state index contributed by atoms with van der Waals surface area (Å²) in [5.74, 6) is -1.06. The van der Waals surface area contributed by atoms with E-state index in [1.807, 2.05) is 11.1 Å². The molecule has 7 nitrogen and oxygen atoms in total. The van der Waals surface area contributed by atoms with Gasteiger partial charge < -0.3 is 19.1 Å². The van der Waals surface area contributed by atoms with Gasteiger partial charge in [-0.2, -0.15) is 11.5 Å². The first-order valence-corrected chi connectivity index (χ1v) is 12.8. The molecule has 0 amide bonds. The highest BCUT2D eigenvalue weighted by molar-refractivity contribution is 5.88. The van der Waals surface area contributed by atoms with Crippen LogP contribution < -0.4 is 0 Å². The molecule has 1 N–H and O–H groups in total. The van der Waals surface area contributed by atoms with E-state index in [0.717, 1.165) is 35.3 Å². The zero-order valence-corrected chi connectivity index (χ0v) is 20.5. The number of nitrogens with zero attached hydrogens (tertiary/aromatic N) is 3. The van der Waals surface area contributed by atoms with Gasteiger partial charge in [0, 0.05) is 10.9 Å². The maximum atomic E-state index is 12.9. The summed E-state index contributed by atoms with van der Waals surface area (Å²) in [5.41, 5.74) is 5.67. The lowest BCUT2D eigenvalue weighted by molar-refractivity contribution is -0.158. The van der Waals surface area contributed by atoms with E-state index >= 15 is 0 Å². The van der Waals surface area contributed by atoms with Crippen LogP contribution in [-0.4, -0.2) is 47.0 Å². The van der Waals surface area contributed by atoms with Crippen molar-refractivity contribution >= 4 is 16.9 Å². The Morgan fingerprint density at radius 1 is 1.17 bits per heavy atom. The lowest BCUT2D eigenvalue weighted by Crippen LogP contribution is -2.47. The van der Waals surface area contributed by atoms with Crippen LogP contribution in [0.3, 0.4) is 0 Å². The average Bonchev–Trinajstić information content (AvgIpc) is 3.14. The molecular formula is C29H31N3O4. The molecule has 2 aromatic carbocycles. The van der Waals surface area contributed by atoms with Crippen LogP contribution in [0.1, 0.15) is 42.2 Å². The zero-order chi connectivity index (χ0) is 24.8. The van der Waals surface area contributed by atoms with Crippen molar-refractivity contribution in [3.05, 3.63) is 76.9 Å². The topological polar surface area (TPSA) is 68.3 Å². The van der Waals surface area contributed by atoms with Gasteiger partial charge in [0.25, 0.3) is 0 Å². The molecule has 1 unspecified atom stereocenters. The number of aromatic nitrogens is 1. The predicted octanol–water partition coefficient (Wildman–Crippen LogP) is 4.46. The quantitative estimate of drug-likeness (QED) is 0.407. The minimum absolute atomic E-state index is 0.0974. The number of esters is 1. The summed E-state index contributed by atoms with van der Waals surface area (Å²) >= 11 is 0. The lowest BCUT2D eigenvalue weighted by Gasteiger charge is -2.41. The molecule has 3 aliphatic rings. The van der Waals surface area contributed by atoms with E-state index in [2.05, 4.69) is 52.0 Å². The SMILES string of the molecule is [C-]#[N+]N1CCc2c3n(c4ccccc24)-c2ccccc2COC3C[C@H]2[C@@H](CC[C@H](O)[C@@H]2C(=O)OC)C1. The fourth-order valence-corrected chi connectivity index (χ4v) is 6.82. The predicted molar refractivity (Wildman–Crippen MR) is 135 cm³/mol. The molecule has 6 rings (SSSR count). The monoisotopic (exact) mass is 485 g/mol. The Bertz CT molecular complexity index is 1340. The van der Waals surface area contributed by atoms with Crippen LogP contribution in [0, 0.1) is 24.3 Å². The van der Waals surface area contributed by atoms with Gasteiger partial charge in [0.1, 0.15) is 0 Å². The summed E-state index contributed by atoms with van der Waals surface area (Å²) in [6.45, 7) is 9.52. The van der Waals surface area contributed by atoms with Crippen molar-refractivity contribution in [1.29, 1.82) is 0 Å². The fraction of sp³-hybridized carbons (Fsp3) is 0.448. The molecular weight excluding hydrogens is 454 g/mol. The van der Waals surface area contributed by atoms with Crippen molar-refractivity contribution in [2.75, 3.05) is 20.2 Å². The Kier molecular flexibility index (Phi) is 5.94. The molecule has 0 spiro atoms. The first-order chi connectivity index (χ1) is 17.6. The number of para-hydroxylation sites is 2. The molecule has 7 heteroatoms. The molecule has 186 valence electrons. The maximum absolute atomic E-state index is 12.9. The molecule has 1 aliphatic carbocycles. The first kappa shape index (κ1) is 23.1. The van der Waals surface area contributed by atoms with Gasteiger partial charge >= 0.3 is 5.97 Å². The highest BCUT2D eigenvalue weighted by atomic mass is 16.5. The molecule has 36 heavy (non-hydrogen) atoms. The number of hydrogen-bond acceptors (Lipinski definition) is 5. The van der Waals surface area contributed by atoms with Gasteiger partial charge in [-0.05, 0) is 55.2 Å². The summed E-state index contributed by atoms with van der Waals surface area (Å²) < 4.78 is 14.2. The Labute approximate surface area is 211 Å². The molecule has 0 saturated heterocycles. The van der Waals surface area contributed by atoms with Gasteiger partial charge in [-0.1, -0.05) is 36.4 Å². The number of carbonyl (C=O) groups is 1. The molecule has 3 heterocycles. The Morgan fingerprint density at radius 3 is 2.81 bits per heavy atom. The number of methoxy groups -OCH3 is 1. The number of fused-ring (bicyclic) bond motifs is 6. The third-order valence-electron chi connectivity index (χ3n) is 8.48. The number of rotatable bonds is 1. The number of aliphatic hydroxyl groups is 1. The second-order valence-electron chi connectivity index (χ2n) is 10.3. The van der Waals surface area contributed by atoms with Gasteiger partial charge in [0.15, 0.2) is 0 Å². The van der Waals surface area contributed by atoms with E-state index in [1.165, 1.54) is 18.1 Å². The van der Waals surface area contributed by atoms with Crippen LogP contribution in [0.25, 0.3) is 21.5 Å². The summed E-state index contributed by atoms with van der Waals surface area (Å²) in [6.07, 6.45) is 1.64. The van der Waals surface area contributed by atoms with Gasteiger partial charge in [0.2, 0.25) is 0 Å². The van der Waals surface area contributed by atoms with Crippen LogP contribution in [-0.2, 0) is 27.3 Å². The number of aliphatic hydroxyl groups excluding tert-OH is 1. The molecule has 5 atom stereocenters. The Morgan fingerprint density at radius 2 is 1.97 bits per heavy atom. The first-order valence-electron chi connectivity index (χ1n) is 12.8. The van der Waals surface area contributed by atoms with Gasteiger partial charge in [-0.3, -0.25) is 4.79 Å². The molecule has 1 saturated carbocycles. The second kappa shape index (κ2) is 9.27. The maximum Gasteiger partial charge on any atom is 0.311 e. The van der Waals surface area contributed by atoms with E-state index in [1.54, 1.807) is 0 Å². The third kappa shape index (κ3) is 3.68. The lowest BCUT2D eigenvalue weighted by atomic mass is 9.67. The summed E-state index contributed by atoms with van der Waals surface area (Å²) in [5, 5.41) is 13.9. The standard InChI is InChI=1S/C29H31N3O4/c1-30-31-14-13-21-20-8-4-6-10-24(20)32-23-9-5-3-7-19(23)17-36-26(28(21)32)15-22-18(16-31)11-12-25(33)27(22)29(34)35-2/h3-10,18,22,25-27,33H,11-17H2,2H3/t18-,22-,25-,26?,27+/m0/s1. The van der Waals surface area contributed by atoms with Gasteiger partial charge in [-0.25, -0.2) is 0 Å². The number of hydrogen-bond donors (Lipinski definition) is 1. The van der Waals surface area contributed by atoms with E-state index in [4.69, 9.17) is 16.0 Å². The molecule has 1 aromatic heterocycles. The zero-order valence-electron chi connectivity index (χ0n) is 20.5. The highest BCUT2D eigenvalue weighted by Gasteiger charge is 2.47. The normalized spacial score (nSPS) is 27.7. The van der Waals surface area contributed by atoms with Crippen molar-refractivity contribution in [1.82, 2.24) is 9.58 Å². The minimum atomic E-state index is -0.753. The average molecular weight is 486 g/mol. The Hall–Kier alpha value is -3.34. The van der Waals surface area contributed by atoms with Crippen LogP contribution >= 0.6 is 0 Å². The molecule has 1 fully saturated rings. The van der Waals surface area contributed by atoms with E-state index in [0.29, 0.717) is 32.5 Å². The highest BCUT2D eigenvalue weighted by Crippen LogP contribution is 2.47. The molecule has 3 aromatic rings. The minimum Gasteiger partial charge on any atom is -0.469 e. The van der Waals surface area contributed by atoms with E-state index in [9.17, 15) is 9.90 Å². The van der Waals surface area contributed by atoms with Crippen LogP contribution in [0.4, 0.5) is 0 Å². The number of carbonyl (C=O) groups excluding carboxylic acids is 1. The van der Waals surface area contributed by atoms with E-state index < -0.39 is 12.0 Å². The summed E-state index contributed by atoms with van der Waals surface area (Å²) in [6, 6.07) is 16.8. The summed E-state index contributed by atoms with van der Waals surface area (Å²) in [7, 11) is 1.39. The molecule has 0 bridgehead atoms. The van der Waals surface area contributed by atoms with Crippen molar-refractivity contribution in [3.63, 3.8) is 0 Å². The van der Waals surface area contributed by atoms with Gasteiger partial charge in [0.05, 0.1) is 61.8 Å². The number of ether oxygens (including phenoxy) is 2. The number of benzene rings is 2. The third-order valence-corrected chi connectivity index (χ3v) is 8.48. The van der Waals surface area contributed by atoms with E-state index in [-0.39, 0.29) is 23.9 Å². The summed E-state index contributed by atoms with van der Waals surface area (Å²) in [4.78, 5) is 16.8. The van der Waals surface area contributed by atoms with Crippen LogP contribution in [0.5, 0.6) is 0 Å². The Balaban J connectivity index is 1.57.